The van der Waals surface area contributed by atoms with E-state index in [-0.39, 0.29) is 16.4 Å². The van der Waals surface area contributed by atoms with Crippen molar-refractivity contribution in [3.05, 3.63) is 101 Å². The van der Waals surface area contributed by atoms with Crippen LogP contribution in [0.5, 0.6) is 0 Å². The zero-order valence-corrected chi connectivity index (χ0v) is 22.2. The third-order valence-corrected chi connectivity index (χ3v) is 8.48. The van der Waals surface area contributed by atoms with Crippen molar-refractivity contribution in [2.45, 2.75) is 24.7 Å². The van der Waals surface area contributed by atoms with Crippen LogP contribution in [0.2, 0.25) is 0 Å². The highest BCUT2D eigenvalue weighted by Crippen LogP contribution is 2.48. The minimum absolute atomic E-state index is 0.0351. The molecule has 11 heteroatoms. The molecule has 2 aromatic heterocycles. The van der Waals surface area contributed by atoms with Crippen LogP contribution in [0.25, 0.3) is 11.1 Å². The molecule has 4 N–H and O–H groups in total. The monoisotopic (exact) mass is 553 g/mol. The van der Waals surface area contributed by atoms with Gasteiger partial charge in [-0.05, 0) is 61.4 Å². The number of nitrogens with one attached hydrogen (secondary N) is 3. The number of aryl methyl sites for hydroxylation is 1. The molecule has 1 atom stereocenters. The number of aliphatic imine (C=N–C) groups is 1. The molecule has 0 saturated heterocycles. The lowest BCUT2D eigenvalue weighted by atomic mass is 9.84. The first-order valence-corrected chi connectivity index (χ1v) is 13.8. The number of carbonyl (C=O) groups excluding carboxylic acids is 1. The minimum Gasteiger partial charge on any atom is -0.478 e. The number of nitrogens with zero attached hydrogens (tertiary/aromatic N) is 2. The van der Waals surface area contributed by atoms with Gasteiger partial charge in [0.25, 0.3) is 10.0 Å². The van der Waals surface area contributed by atoms with Gasteiger partial charge in [0.15, 0.2) is 0 Å². The second-order valence-electron chi connectivity index (χ2n) is 9.55. The van der Waals surface area contributed by atoms with Gasteiger partial charge in [-0.25, -0.2) is 13.2 Å². The molecule has 0 radical (unpaired) electrons. The summed E-state index contributed by atoms with van der Waals surface area (Å²) in [6.07, 6.45) is 4.59. The summed E-state index contributed by atoms with van der Waals surface area (Å²) in [6.45, 7) is 3.35. The second-order valence-corrected chi connectivity index (χ2v) is 11.2. The van der Waals surface area contributed by atoms with E-state index in [0.717, 1.165) is 5.56 Å². The molecule has 0 spiro atoms. The molecule has 4 aromatic rings. The molecule has 10 nitrogen and oxygen atoms in total. The van der Waals surface area contributed by atoms with Gasteiger partial charge in [-0.1, -0.05) is 18.2 Å². The van der Waals surface area contributed by atoms with Gasteiger partial charge in [0, 0.05) is 46.2 Å². The number of sulfonamides is 1. The van der Waals surface area contributed by atoms with E-state index in [0.29, 0.717) is 50.7 Å². The van der Waals surface area contributed by atoms with E-state index in [9.17, 15) is 23.1 Å². The number of carboxylic acids is 1. The van der Waals surface area contributed by atoms with Gasteiger partial charge in [0.1, 0.15) is 0 Å². The van der Waals surface area contributed by atoms with Gasteiger partial charge in [0.05, 0.1) is 33.9 Å². The number of aromatic carboxylic acids is 1. The van der Waals surface area contributed by atoms with Crippen LogP contribution in [0.1, 0.15) is 44.4 Å². The van der Waals surface area contributed by atoms with E-state index in [1.54, 1.807) is 38.3 Å². The third-order valence-electron chi connectivity index (χ3n) is 7.10. The predicted octanol–water partition coefficient (Wildman–Crippen LogP) is 4.89. The Morgan fingerprint density at radius 2 is 1.88 bits per heavy atom. The molecule has 4 heterocycles. The van der Waals surface area contributed by atoms with Gasteiger partial charge in [-0.15, -0.1) is 0 Å². The summed E-state index contributed by atoms with van der Waals surface area (Å²) in [7, 11) is -4.01. The number of allylic oxidation sites excluding steroid dienone is 1. The normalized spacial score (nSPS) is 16.9. The summed E-state index contributed by atoms with van der Waals surface area (Å²) in [5, 5.41) is 12.7. The number of fused-ring (bicyclic) bond motifs is 2. The number of hydrogen-bond donors (Lipinski definition) is 4. The number of hydrogen-bond acceptors (Lipinski definition) is 6. The molecule has 200 valence electrons. The Morgan fingerprint density at radius 1 is 1.07 bits per heavy atom. The summed E-state index contributed by atoms with van der Waals surface area (Å²) >= 11 is 0. The maximum absolute atomic E-state index is 13.6. The van der Waals surface area contributed by atoms with Crippen LogP contribution in [-0.4, -0.2) is 41.6 Å². The Bertz CT molecular complexity index is 1890. The lowest BCUT2D eigenvalue weighted by Crippen LogP contribution is -2.16. The van der Waals surface area contributed by atoms with Gasteiger partial charge < -0.3 is 15.4 Å². The van der Waals surface area contributed by atoms with Crippen LogP contribution < -0.4 is 10.0 Å². The molecule has 1 amide bonds. The largest absolute Gasteiger partial charge is 0.478 e. The van der Waals surface area contributed by atoms with Crippen LogP contribution in [0, 0.1) is 13.8 Å². The molecule has 2 aromatic carbocycles. The van der Waals surface area contributed by atoms with Crippen molar-refractivity contribution in [3.63, 3.8) is 0 Å². The maximum atomic E-state index is 13.6. The molecular formula is C29H23N5O5S. The minimum atomic E-state index is -4.01. The average molecular weight is 554 g/mol. The molecule has 0 bridgehead atoms. The summed E-state index contributed by atoms with van der Waals surface area (Å²) in [6, 6.07) is 15.1. The van der Waals surface area contributed by atoms with E-state index in [4.69, 9.17) is 0 Å². The summed E-state index contributed by atoms with van der Waals surface area (Å²) in [5.74, 6) is -2.41. The SMILES string of the molecule is Cc1[nH]c(C(=C2C=Nc3ccccc32)C2C(=O)Nc3ccc(S(=O)(=O)Nc4cccnc4)cc32)c(C)c1C(=O)O. The molecule has 40 heavy (non-hydrogen) atoms. The van der Waals surface area contributed by atoms with E-state index >= 15 is 0 Å². The van der Waals surface area contributed by atoms with Gasteiger partial charge in [-0.3, -0.25) is 19.5 Å². The second kappa shape index (κ2) is 9.31. The Balaban J connectivity index is 1.56. The van der Waals surface area contributed by atoms with Crippen molar-refractivity contribution in [3.8, 4) is 0 Å². The molecule has 2 aliphatic heterocycles. The smallest absolute Gasteiger partial charge is 0.337 e. The van der Waals surface area contributed by atoms with E-state index in [1.807, 2.05) is 24.3 Å². The van der Waals surface area contributed by atoms with Crippen LogP contribution in [0.3, 0.4) is 0 Å². The highest BCUT2D eigenvalue weighted by molar-refractivity contribution is 7.92. The fraction of sp³-hybridized carbons (Fsp3) is 0.103. The molecule has 1 unspecified atom stereocenters. The lowest BCUT2D eigenvalue weighted by molar-refractivity contribution is -0.115. The first kappa shape index (κ1) is 25.3. The van der Waals surface area contributed by atoms with Crippen molar-refractivity contribution < 1.29 is 23.1 Å². The zero-order valence-electron chi connectivity index (χ0n) is 21.4. The lowest BCUT2D eigenvalue weighted by Gasteiger charge is -2.18. The zero-order chi connectivity index (χ0) is 28.2. The standard InChI is InChI=1S/C29H23N5O5S/c1-15-24(29(36)37)16(2)32-27(15)25(21-14-31-22-8-4-3-7-19(21)22)26-20-12-18(9-10-23(20)33-28(26)35)40(38,39)34-17-6-5-11-30-13-17/h3-14,26,32,34H,1-2H3,(H,33,35)(H,36,37). The van der Waals surface area contributed by atoms with Crippen molar-refractivity contribution in [1.29, 1.82) is 0 Å². The predicted molar refractivity (Wildman–Crippen MR) is 151 cm³/mol. The number of pyridine rings is 1. The van der Waals surface area contributed by atoms with Crippen LogP contribution in [0.15, 0.2) is 76.9 Å². The van der Waals surface area contributed by atoms with Crippen LogP contribution in [-0.2, 0) is 14.8 Å². The Kier molecular flexibility index (Phi) is 5.88. The van der Waals surface area contributed by atoms with Crippen molar-refractivity contribution >= 4 is 56.3 Å². The molecule has 2 aliphatic rings. The summed E-state index contributed by atoms with van der Waals surface area (Å²) in [5.41, 5.74) is 5.36. The molecule has 6 rings (SSSR count). The topological polar surface area (TPSA) is 154 Å². The third kappa shape index (κ3) is 4.07. The Hall–Kier alpha value is -5.03. The number of H-pyrrole nitrogens is 1. The van der Waals surface area contributed by atoms with Gasteiger partial charge in [-0.2, -0.15) is 0 Å². The fourth-order valence-electron chi connectivity index (χ4n) is 5.34. The quantitative estimate of drug-likeness (QED) is 0.267. The van der Waals surface area contributed by atoms with Crippen LogP contribution in [0.4, 0.5) is 17.1 Å². The first-order valence-electron chi connectivity index (χ1n) is 12.3. The van der Waals surface area contributed by atoms with E-state index < -0.39 is 21.9 Å². The maximum Gasteiger partial charge on any atom is 0.337 e. The number of carbonyl (C=O) groups is 2. The molecule has 0 fully saturated rings. The molecular weight excluding hydrogens is 530 g/mol. The number of carboxylic acid groups (broad SMARTS) is 1. The number of aromatic nitrogens is 2. The number of para-hydroxylation sites is 1. The number of aromatic amines is 1. The van der Waals surface area contributed by atoms with Gasteiger partial charge >= 0.3 is 5.97 Å². The van der Waals surface area contributed by atoms with Crippen molar-refractivity contribution in [2.75, 3.05) is 10.0 Å². The number of rotatable bonds is 6. The molecule has 0 saturated carbocycles. The Labute approximate surface area is 229 Å². The summed E-state index contributed by atoms with van der Waals surface area (Å²) in [4.78, 5) is 37.3. The van der Waals surface area contributed by atoms with Crippen LogP contribution >= 0.6 is 0 Å². The number of anilines is 2. The van der Waals surface area contributed by atoms with Gasteiger partial charge in [0.2, 0.25) is 5.91 Å². The summed E-state index contributed by atoms with van der Waals surface area (Å²) < 4.78 is 29.1. The first-order chi connectivity index (χ1) is 19.2. The van der Waals surface area contributed by atoms with Crippen molar-refractivity contribution in [1.82, 2.24) is 9.97 Å². The number of benzene rings is 2. The van der Waals surface area contributed by atoms with E-state index in [1.165, 1.54) is 24.5 Å². The number of amides is 1. The highest BCUT2D eigenvalue weighted by Gasteiger charge is 2.39. The van der Waals surface area contributed by atoms with E-state index in [2.05, 4.69) is 25.0 Å². The fourth-order valence-corrected chi connectivity index (χ4v) is 6.42. The highest BCUT2D eigenvalue weighted by atomic mass is 32.2. The Morgan fingerprint density at radius 3 is 2.60 bits per heavy atom. The van der Waals surface area contributed by atoms with Crippen molar-refractivity contribution in [2.24, 2.45) is 4.99 Å². The molecule has 0 aliphatic carbocycles. The average Bonchev–Trinajstić information content (AvgIpc) is 3.58.